The molecule has 2 heterocycles. The number of hydrogen-bond donors (Lipinski definition) is 2. The van der Waals surface area contributed by atoms with Crippen LogP contribution in [-0.2, 0) is 0 Å². The molecule has 0 bridgehead atoms. The minimum atomic E-state index is -0.626. The van der Waals surface area contributed by atoms with Gasteiger partial charge in [0.25, 0.3) is 5.91 Å². The number of halogens is 1. The highest BCUT2D eigenvalue weighted by molar-refractivity contribution is 6.30. The number of carbonyl (C=O) groups excluding carboxylic acids is 1. The molecule has 0 aliphatic rings. The number of pyridine rings is 2. The van der Waals surface area contributed by atoms with Crippen LogP contribution in [0.3, 0.4) is 0 Å². The number of hydrogen-bond acceptors (Lipinski definition) is 5. The molecule has 0 spiro atoms. The second-order valence-corrected chi connectivity index (χ2v) is 7.07. The second-order valence-electron chi connectivity index (χ2n) is 6.66. The van der Waals surface area contributed by atoms with Gasteiger partial charge in [0, 0.05) is 22.5 Å². The van der Waals surface area contributed by atoms with Crippen LogP contribution in [0.4, 0.5) is 0 Å². The Morgan fingerprint density at radius 3 is 2.73 bits per heavy atom. The van der Waals surface area contributed by atoms with Gasteiger partial charge in [0.2, 0.25) is 5.43 Å². The quantitative estimate of drug-likeness (QED) is 0.227. The van der Waals surface area contributed by atoms with E-state index in [1.54, 1.807) is 49.6 Å². The van der Waals surface area contributed by atoms with Crippen molar-refractivity contribution in [2.75, 3.05) is 7.11 Å². The summed E-state index contributed by atoms with van der Waals surface area (Å²) in [7, 11) is 1.58. The first-order chi connectivity index (χ1) is 14.5. The number of nitrogens with zero attached hydrogens (tertiary/aromatic N) is 2. The summed E-state index contributed by atoms with van der Waals surface area (Å²) in [6.45, 7) is 1.89. The van der Waals surface area contributed by atoms with Crippen molar-refractivity contribution in [3.05, 3.63) is 80.7 Å². The van der Waals surface area contributed by atoms with Crippen LogP contribution in [0.25, 0.3) is 21.8 Å². The van der Waals surface area contributed by atoms with Crippen molar-refractivity contribution in [3.63, 3.8) is 0 Å². The Morgan fingerprint density at radius 2 is 2.00 bits per heavy atom. The summed E-state index contributed by atoms with van der Waals surface area (Å²) in [6.07, 6.45) is 2.75. The van der Waals surface area contributed by atoms with Gasteiger partial charge in [0.05, 0.1) is 18.8 Å². The van der Waals surface area contributed by atoms with Crippen LogP contribution in [0.5, 0.6) is 5.75 Å². The zero-order valence-corrected chi connectivity index (χ0v) is 16.9. The molecule has 4 aromatic rings. The molecule has 7 nitrogen and oxygen atoms in total. The van der Waals surface area contributed by atoms with Gasteiger partial charge >= 0.3 is 0 Å². The van der Waals surface area contributed by atoms with Crippen LogP contribution in [0, 0.1) is 6.92 Å². The van der Waals surface area contributed by atoms with Gasteiger partial charge in [-0.15, -0.1) is 0 Å². The third-order valence-corrected chi connectivity index (χ3v) is 4.93. The number of aromatic nitrogens is 2. The summed E-state index contributed by atoms with van der Waals surface area (Å²) in [5, 5.41) is 5.55. The molecule has 0 atom stereocenters. The number of ether oxygens (including phenoxy) is 1. The Bertz CT molecular complexity index is 1360. The third-order valence-electron chi connectivity index (χ3n) is 4.72. The van der Waals surface area contributed by atoms with Crippen molar-refractivity contribution in [2.45, 2.75) is 6.92 Å². The first-order valence-electron chi connectivity index (χ1n) is 9.06. The monoisotopic (exact) mass is 420 g/mol. The molecular weight excluding hydrogens is 404 g/mol. The normalized spacial score (nSPS) is 11.3. The number of amides is 1. The lowest BCUT2D eigenvalue weighted by Crippen LogP contribution is -2.25. The van der Waals surface area contributed by atoms with Crippen molar-refractivity contribution in [1.82, 2.24) is 15.4 Å². The SMILES string of the molecule is COc1ccc(/C=N/NC(=O)c2cnc3c(ccc4[nH]c(Cl)cc(C)c43)c2=O)cc1. The molecule has 0 saturated carbocycles. The number of aromatic amines is 1. The van der Waals surface area contributed by atoms with Crippen molar-refractivity contribution < 1.29 is 9.53 Å². The molecule has 4 rings (SSSR count). The van der Waals surface area contributed by atoms with E-state index in [-0.39, 0.29) is 5.56 Å². The number of methoxy groups -OCH3 is 1. The number of H-pyrrole nitrogens is 1. The van der Waals surface area contributed by atoms with Gasteiger partial charge in [-0.3, -0.25) is 14.6 Å². The van der Waals surface area contributed by atoms with Gasteiger partial charge in [0.15, 0.2) is 0 Å². The van der Waals surface area contributed by atoms with Crippen LogP contribution in [0.2, 0.25) is 5.15 Å². The smallest absolute Gasteiger partial charge is 0.276 e. The van der Waals surface area contributed by atoms with Crippen molar-refractivity contribution >= 4 is 45.5 Å². The molecule has 8 heteroatoms. The number of fused-ring (bicyclic) bond motifs is 3. The van der Waals surface area contributed by atoms with Crippen molar-refractivity contribution in [2.24, 2.45) is 5.10 Å². The maximum atomic E-state index is 12.9. The standard InChI is InChI=1S/C22H17ClN4O3/c1-12-9-18(23)26-17-8-7-15-20(19(12)17)24-11-16(21(15)28)22(29)27-25-10-13-3-5-14(30-2)6-4-13/h3-11,26H,1-2H3,(H,27,29)/b25-10+. The van der Waals surface area contributed by atoms with Gasteiger partial charge in [-0.25, -0.2) is 5.43 Å². The van der Waals surface area contributed by atoms with Crippen LogP contribution in [0.15, 0.2) is 58.6 Å². The van der Waals surface area contributed by atoms with E-state index >= 15 is 0 Å². The number of carbonyl (C=O) groups is 1. The number of nitrogens with one attached hydrogen (secondary N) is 2. The summed E-state index contributed by atoms with van der Waals surface area (Å²) < 4.78 is 5.09. The van der Waals surface area contributed by atoms with Gasteiger partial charge in [-0.05, 0) is 60.5 Å². The van der Waals surface area contributed by atoms with E-state index in [4.69, 9.17) is 16.3 Å². The molecule has 2 aromatic heterocycles. The fourth-order valence-corrected chi connectivity index (χ4v) is 3.51. The van der Waals surface area contributed by atoms with E-state index in [2.05, 4.69) is 20.5 Å². The molecular formula is C22H17ClN4O3. The largest absolute Gasteiger partial charge is 0.497 e. The molecule has 0 unspecified atom stereocenters. The van der Waals surface area contributed by atoms with Gasteiger partial charge in [0.1, 0.15) is 16.5 Å². The summed E-state index contributed by atoms with van der Waals surface area (Å²) in [4.78, 5) is 32.8. The Hall–Kier alpha value is -3.71. The van der Waals surface area contributed by atoms with E-state index in [9.17, 15) is 9.59 Å². The van der Waals surface area contributed by atoms with Crippen LogP contribution >= 0.6 is 11.6 Å². The third kappa shape index (κ3) is 3.62. The van der Waals surface area contributed by atoms with E-state index in [1.807, 2.05) is 6.92 Å². The maximum absolute atomic E-state index is 12.9. The Balaban J connectivity index is 1.64. The highest BCUT2D eigenvalue weighted by Gasteiger charge is 2.15. The lowest BCUT2D eigenvalue weighted by molar-refractivity contribution is 0.0954. The Labute approximate surface area is 176 Å². The average Bonchev–Trinajstić information content (AvgIpc) is 2.73. The summed E-state index contributed by atoms with van der Waals surface area (Å²) in [5.74, 6) is 0.0932. The second kappa shape index (κ2) is 7.96. The topological polar surface area (TPSA) is 96.4 Å². The Morgan fingerprint density at radius 1 is 1.23 bits per heavy atom. The molecule has 150 valence electrons. The highest BCUT2D eigenvalue weighted by atomic mass is 35.5. The summed E-state index contributed by atoms with van der Waals surface area (Å²) in [5.41, 5.74) is 4.82. The number of aryl methyl sites for hydroxylation is 1. The van der Waals surface area contributed by atoms with Gasteiger partial charge in [-0.1, -0.05) is 11.6 Å². The lowest BCUT2D eigenvalue weighted by atomic mass is 10.0. The van der Waals surface area contributed by atoms with Crippen molar-refractivity contribution in [3.8, 4) is 5.75 Å². The fourth-order valence-electron chi connectivity index (χ4n) is 3.25. The first-order valence-corrected chi connectivity index (χ1v) is 9.44. The molecule has 2 N–H and O–H groups in total. The van der Waals surface area contributed by atoms with Crippen LogP contribution in [0.1, 0.15) is 21.5 Å². The minimum Gasteiger partial charge on any atom is -0.497 e. The minimum absolute atomic E-state index is 0.0793. The molecule has 0 radical (unpaired) electrons. The number of hydrazone groups is 1. The summed E-state index contributed by atoms with van der Waals surface area (Å²) in [6, 6.07) is 12.3. The molecule has 0 aliphatic heterocycles. The molecule has 1 amide bonds. The molecule has 0 saturated heterocycles. The zero-order valence-electron chi connectivity index (χ0n) is 16.2. The van der Waals surface area contributed by atoms with Crippen molar-refractivity contribution in [1.29, 1.82) is 0 Å². The van der Waals surface area contributed by atoms with Gasteiger partial charge < -0.3 is 9.72 Å². The van der Waals surface area contributed by atoms with E-state index in [1.165, 1.54) is 12.4 Å². The van der Waals surface area contributed by atoms with Crippen LogP contribution < -0.4 is 15.6 Å². The number of benzene rings is 2. The number of rotatable bonds is 4. The molecule has 30 heavy (non-hydrogen) atoms. The Kier molecular flexibility index (Phi) is 5.20. The van der Waals surface area contributed by atoms with E-state index in [0.717, 1.165) is 27.8 Å². The summed E-state index contributed by atoms with van der Waals surface area (Å²) >= 11 is 6.07. The van der Waals surface area contributed by atoms with Crippen LogP contribution in [-0.4, -0.2) is 29.2 Å². The average molecular weight is 421 g/mol. The lowest BCUT2D eigenvalue weighted by Gasteiger charge is -2.08. The first kappa shape index (κ1) is 19.6. The maximum Gasteiger partial charge on any atom is 0.276 e. The zero-order chi connectivity index (χ0) is 21.3. The fraction of sp³-hybridized carbons (Fsp3) is 0.0909. The van der Waals surface area contributed by atoms with E-state index < -0.39 is 11.3 Å². The molecule has 0 aliphatic carbocycles. The van der Waals surface area contributed by atoms with E-state index in [0.29, 0.717) is 16.1 Å². The predicted molar refractivity (Wildman–Crippen MR) is 118 cm³/mol. The van der Waals surface area contributed by atoms with Gasteiger partial charge in [-0.2, -0.15) is 5.10 Å². The highest BCUT2D eigenvalue weighted by Crippen LogP contribution is 2.26. The molecule has 0 fully saturated rings. The predicted octanol–water partition coefficient (Wildman–Crippen LogP) is 3.81. The molecule has 2 aromatic carbocycles.